The Hall–Kier alpha value is -3.57. The average Bonchev–Trinajstić information content (AvgIpc) is 2.75. The van der Waals surface area contributed by atoms with Crippen molar-refractivity contribution in [3.05, 3.63) is 95.8 Å². The molecule has 0 bridgehead atoms. The first-order chi connectivity index (χ1) is 13.7. The lowest BCUT2D eigenvalue weighted by molar-refractivity contribution is 0.102. The van der Waals surface area contributed by atoms with Crippen LogP contribution in [0, 0.1) is 0 Å². The summed E-state index contributed by atoms with van der Waals surface area (Å²) in [6.45, 7) is 0. The summed E-state index contributed by atoms with van der Waals surface area (Å²) in [5, 5.41) is 3.42. The Bertz CT molecular complexity index is 1100. The Morgan fingerprint density at radius 2 is 1.39 bits per heavy atom. The third-order valence-electron chi connectivity index (χ3n) is 4.10. The molecule has 0 fully saturated rings. The van der Waals surface area contributed by atoms with Gasteiger partial charge < -0.3 is 0 Å². The second kappa shape index (κ2) is 7.98. The largest absolute Gasteiger partial charge is 0.290 e. The molecular formula is C22H15ClN4O. The number of pyridine rings is 1. The molecular weight excluding hydrogens is 372 g/mol. The molecule has 2 aromatic heterocycles. The van der Waals surface area contributed by atoms with Gasteiger partial charge in [-0.15, -0.1) is 0 Å². The summed E-state index contributed by atoms with van der Waals surface area (Å²) in [7, 11) is 0. The van der Waals surface area contributed by atoms with Gasteiger partial charge in [0.15, 0.2) is 0 Å². The molecule has 136 valence electrons. The maximum absolute atomic E-state index is 12.5. The lowest BCUT2D eigenvalue weighted by Crippen LogP contribution is -2.14. The predicted molar refractivity (Wildman–Crippen MR) is 110 cm³/mol. The van der Waals surface area contributed by atoms with Gasteiger partial charge in [-0.2, -0.15) is 0 Å². The fourth-order valence-corrected chi connectivity index (χ4v) is 2.83. The van der Waals surface area contributed by atoms with Crippen molar-refractivity contribution in [2.75, 3.05) is 5.32 Å². The molecule has 0 atom stereocenters. The van der Waals surface area contributed by atoms with Gasteiger partial charge in [-0.25, -0.2) is 9.97 Å². The molecule has 0 saturated heterocycles. The van der Waals surface area contributed by atoms with E-state index < -0.39 is 0 Å². The van der Waals surface area contributed by atoms with Crippen molar-refractivity contribution in [1.82, 2.24) is 15.0 Å². The number of nitrogens with zero attached hydrogens (tertiary/aromatic N) is 3. The van der Waals surface area contributed by atoms with Crippen molar-refractivity contribution < 1.29 is 4.79 Å². The number of nitrogens with one attached hydrogen (secondary N) is 1. The smallest absolute Gasteiger partial charge is 0.258 e. The third kappa shape index (κ3) is 4.05. The number of anilines is 1. The molecule has 1 N–H and O–H groups in total. The van der Waals surface area contributed by atoms with Crippen LogP contribution < -0.4 is 5.32 Å². The van der Waals surface area contributed by atoms with Crippen molar-refractivity contribution in [2.24, 2.45) is 0 Å². The molecule has 2 heterocycles. The minimum atomic E-state index is -0.297. The first-order valence-corrected chi connectivity index (χ1v) is 8.99. The SMILES string of the molecule is O=C(Nc1nc(-c2ccccc2)cc(-c2ccc(Cl)cc2)n1)c1ccncc1. The Kier molecular flexibility index (Phi) is 5.08. The highest BCUT2D eigenvalue weighted by Crippen LogP contribution is 2.26. The van der Waals surface area contributed by atoms with Gasteiger partial charge in [0.2, 0.25) is 5.95 Å². The fourth-order valence-electron chi connectivity index (χ4n) is 2.71. The van der Waals surface area contributed by atoms with Crippen molar-refractivity contribution in [2.45, 2.75) is 0 Å². The standard InChI is InChI=1S/C22H15ClN4O/c23-18-8-6-16(7-9-18)20-14-19(15-4-2-1-3-5-15)25-22(26-20)27-21(28)17-10-12-24-13-11-17/h1-14H,(H,25,26,27,28). The molecule has 0 aliphatic rings. The van der Waals surface area contributed by atoms with E-state index in [1.165, 1.54) is 0 Å². The van der Waals surface area contributed by atoms with Gasteiger partial charge in [-0.3, -0.25) is 15.1 Å². The van der Waals surface area contributed by atoms with Crippen molar-refractivity contribution in [3.63, 3.8) is 0 Å². The van der Waals surface area contributed by atoms with Crippen LogP contribution in [0.25, 0.3) is 22.5 Å². The molecule has 1 amide bonds. The molecule has 4 aromatic rings. The Morgan fingerprint density at radius 1 is 0.786 bits per heavy atom. The van der Waals surface area contributed by atoms with E-state index >= 15 is 0 Å². The second-order valence-corrected chi connectivity index (χ2v) is 6.46. The highest BCUT2D eigenvalue weighted by Gasteiger charge is 2.12. The molecule has 6 heteroatoms. The van der Waals surface area contributed by atoms with E-state index in [9.17, 15) is 4.79 Å². The molecule has 2 aromatic carbocycles. The molecule has 5 nitrogen and oxygen atoms in total. The first-order valence-electron chi connectivity index (χ1n) is 8.61. The number of halogens is 1. The number of benzene rings is 2. The quantitative estimate of drug-likeness (QED) is 0.529. The number of amides is 1. The van der Waals surface area contributed by atoms with E-state index in [0.29, 0.717) is 22.0 Å². The Morgan fingerprint density at radius 3 is 2.04 bits per heavy atom. The van der Waals surface area contributed by atoms with Crippen LogP contribution in [0.1, 0.15) is 10.4 Å². The number of hydrogen-bond acceptors (Lipinski definition) is 4. The first kappa shape index (κ1) is 17.8. The van der Waals surface area contributed by atoms with Crippen LogP contribution >= 0.6 is 11.6 Å². The zero-order valence-corrected chi connectivity index (χ0v) is 15.5. The van der Waals surface area contributed by atoms with E-state index in [1.807, 2.05) is 48.5 Å². The van der Waals surface area contributed by atoms with E-state index in [2.05, 4.69) is 20.3 Å². The molecule has 0 aliphatic heterocycles. The third-order valence-corrected chi connectivity index (χ3v) is 4.36. The van der Waals surface area contributed by atoms with Crippen molar-refractivity contribution in [3.8, 4) is 22.5 Å². The van der Waals surface area contributed by atoms with Crippen LogP contribution in [0.4, 0.5) is 5.95 Å². The van der Waals surface area contributed by atoms with Gasteiger partial charge in [0.1, 0.15) is 0 Å². The molecule has 0 aliphatic carbocycles. The molecule has 28 heavy (non-hydrogen) atoms. The lowest BCUT2D eigenvalue weighted by Gasteiger charge is -2.10. The van der Waals surface area contributed by atoms with Gasteiger partial charge in [0.05, 0.1) is 11.4 Å². The predicted octanol–water partition coefficient (Wildman–Crippen LogP) is 5.11. The molecule has 4 rings (SSSR count). The second-order valence-electron chi connectivity index (χ2n) is 6.02. The maximum Gasteiger partial charge on any atom is 0.258 e. The van der Waals surface area contributed by atoms with Crippen LogP contribution in [0.2, 0.25) is 5.02 Å². The summed E-state index contributed by atoms with van der Waals surface area (Å²) in [6, 6.07) is 22.3. The normalized spacial score (nSPS) is 10.5. The van der Waals surface area contributed by atoms with Crippen molar-refractivity contribution in [1.29, 1.82) is 0 Å². The molecule has 0 radical (unpaired) electrons. The van der Waals surface area contributed by atoms with E-state index in [0.717, 1.165) is 11.1 Å². The fraction of sp³-hybridized carbons (Fsp3) is 0. The van der Waals surface area contributed by atoms with Gasteiger partial charge in [0, 0.05) is 34.1 Å². The lowest BCUT2D eigenvalue weighted by atomic mass is 10.1. The van der Waals surface area contributed by atoms with E-state index in [1.54, 1.807) is 36.7 Å². The van der Waals surface area contributed by atoms with Crippen LogP contribution in [0.3, 0.4) is 0 Å². The minimum absolute atomic E-state index is 0.230. The summed E-state index contributed by atoms with van der Waals surface area (Å²) < 4.78 is 0. The molecule has 0 spiro atoms. The van der Waals surface area contributed by atoms with E-state index in [4.69, 9.17) is 11.6 Å². The molecule has 0 unspecified atom stereocenters. The number of carbonyl (C=O) groups is 1. The Balaban J connectivity index is 1.75. The number of rotatable bonds is 4. The highest BCUT2D eigenvalue weighted by atomic mass is 35.5. The number of carbonyl (C=O) groups excluding carboxylic acids is 1. The van der Waals surface area contributed by atoms with Gasteiger partial charge >= 0.3 is 0 Å². The number of hydrogen-bond donors (Lipinski definition) is 1. The van der Waals surface area contributed by atoms with Gasteiger partial charge in [-0.05, 0) is 30.3 Å². The number of aromatic nitrogens is 3. The molecule has 0 saturated carbocycles. The van der Waals surface area contributed by atoms with Crippen LogP contribution in [-0.4, -0.2) is 20.9 Å². The monoisotopic (exact) mass is 386 g/mol. The van der Waals surface area contributed by atoms with Crippen LogP contribution in [-0.2, 0) is 0 Å². The van der Waals surface area contributed by atoms with Crippen LogP contribution in [0.15, 0.2) is 85.2 Å². The van der Waals surface area contributed by atoms with Crippen molar-refractivity contribution >= 4 is 23.5 Å². The summed E-state index contributed by atoms with van der Waals surface area (Å²) in [4.78, 5) is 25.5. The zero-order chi connectivity index (χ0) is 19.3. The summed E-state index contributed by atoms with van der Waals surface area (Å²) in [5.74, 6) is -0.0669. The summed E-state index contributed by atoms with van der Waals surface area (Å²) in [5.41, 5.74) is 3.70. The van der Waals surface area contributed by atoms with Gasteiger partial charge in [-0.1, -0.05) is 54.1 Å². The van der Waals surface area contributed by atoms with E-state index in [-0.39, 0.29) is 11.9 Å². The topological polar surface area (TPSA) is 67.8 Å². The summed E-state index contributed by atoms with van der Waals surface area (Å²) in [6.07, 6.45) is 3.13. The van der Waals surface area contributed by atoms with Crippen LogP contribution in [0.5, 0.6) is 0 Å². The highest BCUT2D eigenvalue weighted by molar-refractivity contribution is 6.30. The van der Waals surface area contributed by atoms with Gasteiger partial charge in [0.25, 0.3) is 5.91 Å². The maximum atomic E-state index is 12.5. The zero-order valence-electron chi connectivity index (χ0n) is 14.7. The summed E-state index contributed by atoms with van der Waals surface area (Å²) >= 11 is 6.00. The average molecular weight is 387 g/mol. The minimum Gasteiger partial charge on any atom is -0.290 e. The Labute approximate surface area is 167 Å².